The van der Waals surface area contributed by atoms with Gasteiger partial charge >= 0.3 is 12.1 Å². The van der Waals surface area contributed by atoms with Crippen LogP contribution in [0.2, 0.25) is 0 Å². The van der Waals surface area contributed by atoms with Crippen molar-refractivity contribution in [3.63, 3.8) is 0 Å². The van der Waals surface area contributed by atoms with Crippen LogP contribution in [0.15, 0.2) is 48.5 Å². The third-order valence-corrected chi connectivity index (χ3v) is 3.53. The van der Waals surface area contributed by atoms with Crippen molar-refractivity contribution in [3.8, 4) is 11.8 Å². The summed E-state index contributed by atoms with van der Waals surface area (Å²) in [4.78, 5) is 22.8. The molecule has 0 heterocycles. The van der Waals surface area contributed by atoms with E-state index in [4.69, 9.17) is 9.84 Å². The maximum atomic E-state index is 11.8. The van der Waals surface area contributed by atoms with Gasteiger partial charge in [-0.2, -0.15) is 0 Å². The lowest BCUT2D eigenvalue weighted by atomic mass is 10.0. The van der Waals surface area contributed by atoms with Crippen molar-refractivity contribution in [1.82, 2.24) is 5.32 Å². The minimum atomic E-state index is -0.897. The molecule has 0 unspecified atom stereocenters. The molecule has 2 aromatic rings. The Bertz CT molecular complexity index is 885. The smallest absolute Gasteiger partial charge is 0.407 e. The molecular formula is C22H23NO4. The van der Waals surface area contributed by atoms with Crippen molar-refractivity contribution < 1.29 is 19.4 Å². The first-order valence-corrected chi connectivity index (χ1v) is 8.61. The lowest BCUT2D eigenvalue weighted by Crippen LogP contribution is -2.32. The molecule has 27 heavy (non-hydrogen) atoms. The Morgan fingerprint density at radius 2 is 1.48 bits per heavy atom. The van der Waals surface area contributed by atoms with Gasteiger partial charge in [0.2, 0.25) is 0 Å². The molecule has 0 radical (unpaired) electrons. The van der Waals surface area contributed by atoms with E-state index in [1.54, 1.807) is 39.0 Å². The van der Waals surface area contributed by atoms with Crippen LogP contribution in [-0.4, -0.2) is 22.8 Å². The topological polar surface area (TPSA) is 75.6 Å². The molecule has 0 spiro atoms. The molecule has 0 aliphatic rings. The van der Waals surface area contributed by atoms with E-state index >= 15 is 0 Å². The van der Waals surface area contributed by atoms with Gasteiger partial charge in [-0.3, -0.25) is 4.79 Å². The highest BCUT2D eigenvalue weighted by Crippen LogP contribution is 2.12. The van der Waals surface area contributed by atoms with Crippen molar-refractivity contribution in [2.24, 2.45) is 0 Å². The number of aliphatic carboxylic acids is 1. The van der Waals surface area contributed by atoms with Crippen LogP contribution >= 0.6 is 0 Å². The number of alkyl carbamates (subject to hydrolysis) is 1. The summed E-state index contributed by atoms with van der Waals surface area (Å²) in [6, 6.07) is 14.7. The number of amides is 1. The number of ether oxygens (including phenoxy) is 1. The average Bonchev–Trinajstić information content (AvgIpc) is 2.58. The molecule has 140 valence electrons. The molecule has 0 bridgehead atoms. The molecule has 0 saturated heterocycles. The van der Waals surface area contributed by atoms with Crippen molar-refractivity contribution in [2.45, 2.75) is 39.3 Å². The highest BCUT2D eigenvalue weighted by Gasteiger charge is 2.15. The number of carbonyl (C=O) groups excluding carboxylic acids is 1. The molecule has 0 aromatic heterocycles. The summed E-state index contributed by atoms with van der Waals surface area (Å²) in [5.41, 5.74) is 2.40. The largest absolute Gasteiger partial charge is 0.481 e. The Morgan fingerprint density at radius 3 is 2.04 bits per heavy atom. The molecule has 5 heteroatoms. The summed E-state index contributed by atoms with van der Waals surface area (Å²) in [5.74, 6) is 5.23. The number of rotatable bonds is 4. The fourth-order valence-electron chi connectivity index (χ4n) is 2.37. The molecule has 5 nitrogen and oxygen atoms in total. The van der Waals surface area contributed by atoms with Gasteiger partial charge in [0.15, 0.2) is 0 Å². The number of nitrogens with one attached hydrogen (secondary N) is 1. The quantitative estimate of drug-likeness (QED) is 0.810. The predicted molar refractivity (Wildman–Crippen MR) is 103 cm³/mol. The summed E-state index contributed by atoms with van der Waals surface area (Å²) in [7, 11) is 0. The molecule has 0 saturated carbocycles. The third kappa shape index (κ3) is 6.87. The van der Waals surface area contributed by atoms with Gasteiger partial charge in [-0.25, -0.2) is 4.79 Å². The SMILES string of the molecule is CC(C)(C)OC(=O)NCc1ccccc1C#Cc1ccccc1CC(=O)O. The Balaban J connectivity index is 2.17. The van der Waals surface area contributed by atoms with Gasteiger partial charge in [-0.1, -0.05) is 48.2 Å². The van der Waals surface area contributed by atoms with Crippen LogP contribution in [0.25, 0.3) is 0 Å². The summed E-state index contributed by atoms with van der Waals surface area (Å²) < 4.78 is 5.24. The Morgan fingerprint density at radius 1 is 0.963 bits per heavy atom. The van der Waals surface area contributed by atoms with Crippen molar-refractivity contribution in [1.29, 1.82) is 0 Å². The van der Waals surface area contributed by atoms with Crippen LogP contribution in [0.1, 0.15) is 43.0 Å². The minimum absolute atomic E-state index is 0.0767. The van der Waals surface area contributed by atoms with Gasteiger partial charge in [0.25, 0.3) is 0 Å². The van der Waals surface area contributed by atoms with Gasteiger partial charge in [0.1, 0.15) is 5.60 Å². The zero-order chi connectivity index (χ0) is 19.9. The van der Waals surface area contributed by atoms with Crippen molar-refractivity contribution in [3.05, 3.63) is 70.8 Å². The van der Waals surface area contributed by atoms with Gasteiger partial charge < -0.3 is 15.2 Å². The Labute approximate surface area is 159 Å². The van der Waals surface area contributed by atoms with Crippen LogP contribution in [-0.2, 0) is 22.5 Å². The second-order valence-electron chi connectivity index (χ2n) is 6.99. The summed E-state index contributed by atoms with van der Waals surface area (Å²) >= 11 is 0. The first-order chi connectivity index (χ1) is 12.7. The van der Waals surface area contributed by atoms with E-state index in [-0.39, 0.29) is 13.0 Å². The van der Waals surface area contributed by atoms with E-state index in [1.807, 2.05) is 30.3 Å². The summed E-state index contributed by atoms with van der Waals surface area (Å²) in [6.45, 7) is 5.71. The number of carboxylic acids is 1. The van der Waals surface area contributed by atoms with E-state index in [0.717, 1.165) is 11.1 Å². The van der Waals surface area contributed by atoms with Gasteiger partial charge in [0.05, 0.1) is 6.42 Å². The Hall–Kier alpha value is -3.26. The van der Waals surface area contributed by atoms with E-state index in [1.165, 1.54) is 0 Å². The first-order valence-electron chi connectivity index (χ1n) is 8.61. The molecule has 2 rings (SSSR count). The maximum Gasteiger partial charge on any atom is 0.407 e. The molecule has 0 atom stereocenters. The molecule has 2 aromatic carbocycles. The number of hydrogen-bond acceptors (Lipinski definition) is 3. The maximum absolute atomic E-state index is 11.8. The van der Waals surface area contributed by atoms with Crippen LogP contribution in [0.4, 0.5) is 4.79 Å². The second kappa shape index (κ2) is 8.91. The number of hydrogen-bond donors (Lipinski definition) is 2. The highest BCUT2D eigenvalue weighted by molar-refractivity contribution is 5.71. The summed E-state index contributed by atoms with van der Waals surface area (Å²) in [6.07, 6.45) is -0.566. The van der Waals surface area contributed by atoms with Crippen LogP contribution in [0, 0.1) is 11.8 Å². The molecule has 0 fully saturated rings. The molecular weight excluding hydrogens is 342 g/mol. The fraction of sp³-hybridized carbons (Fsp3) is 0.273. The summed E-state index contributed by atoms with van der Waals surface area (Å²) in [5, 5.41) is 11.7. The second-order valence-corrected chi connectivity index (χ2v) is 6.99. The zero-order valence-corrected chi connectivity index (χ0v) is 15.7. The Kier molecular flexibility index (Phi) is 6.62. The molecule has 2 N–H and O–H groups in total. The third-order valence-electron chi connectivity index (χ3n) is 3.53. The number of benzene rings is 2. The highest BCUT2D eigenvalue weighted by atomic mass is 16.6. The molecule has 0 aliphatic carbocycles. The predicted octanol–water partition coefficient (Wildman–Crippen LogP) is 3.74. The standard InChI is InChI=1S/C22H23NO4/c1-22(2,3)27-21(26)23-15-19-11-7-5-9-17(19)13-12-16-8-4-6-10-18(16)14-20(24)25/h4-11H,14-15H2,1-3H3,(H,23,26)(H,24,25). The normalized spacial score (nSPS) is 10.5. The number of carbonyl (C=O) groups is 2. The van der Waals surface area contributed by atoms with Gasteiger partial charge in [-0.05, 0) is 44.0 Å². The van der Waals surface area contributed by atoms with E-state index in [2.05, 4.69) is 17.2 Å². The zero-order valence-electron chi connectivity index (χ0n) is 15.7. The van der Waals surface area contributed by atoms with Gasteiger partial charge in [-0.15, -0.1) is 0 Å². The van der Waals surface area contributed by atoms with Crippen molar-refractivity contribution in [2.75, 3.05) is 0 Å². The lowest BCUT2D eigenvalue weighted by molar-refractivity contribution is -0.136. The van der Waals surface area contributed by atoms with E-state index in [0.29, 0.717) is 11.1 Å². The van der Waals surface area contributed by atoms with Crippen LogP contribution in [0.5, 0.6) is 0 Å². The number of carboxylic acid groups (broad SMARTS) is 1. The van der Waals surface area contributed by atoms with E-state index in [9.17, 15) is 9.59 Å². The van der Waals surface area contributed by atoms with Crippen LogP contribution in [0.3, 0.4) is 0 Å². The lowest BCUT2D eigenvalue weighted by Gasteiger charge is -2.19. The monoisotopic (exact) mass is 365 g/mol. The molecule has 1 amide bonds. The fourth-order valence-corrected chi connectivity index (χ4v) is 2.37. The van der Waals surface area contributed by atoms with Gasteiger partial charge in [0, 0.05) is 17.7 Å². The average molecular weight is 365 g/mol. The molecule has 0 aliphatic heterocycles. The minimum Gasteiger partial charge on any atom is -0.481 e. The van der Waals surface area contributed by atoms with Crippen LogP contribution < -0.4 is 5.32 Å². The van der Waals surface area contributed by atoms with E-state index < -0.39 is 17.7 Å². The first kappa shape index (κ1) is 20.1. The van der Waals surface area contributed by atoms with Crippen molar-refractivity contribution >= 4 is 12.1 Å².